The fourth-order valence-electron chi connectivity index (χ4n) is 3.66. The quantitative estimate of drug-likeness (QED) is 0.406. The molecule has 0 fully saturated rings. The van der Waals surface area contributed by atoms with Crippen molar-refractivity contribution in [3.63, 3.8) is 0 Å². The van der Waals surface area contributed by atoms with Gasteiger partial charge in [0.1, 0.15) is 0 Å². The van der Waals surface area contributed by atoms with Gasteiger partial charge < -0.3 is 10.3 Å². The molecule has 1 aromatic heterocycles. The van der Waals surface area contributed by atoms with Crippen molar-refractivity contribution >= 4 is 38.3 Å². The average molecular weight is 308 g/mol. The Morgan fingerprint density at radius 3 is 2.29 bits per heavy atom. The van der Waals surface area contributed by atoms with Gasteiger partial charge in [0.2, 0.25) is 0 Å². The van der Waals surface area contributed by atoms with Crippen molar-refractivity contribution in [2.75, 3.05) is 5.73 Å². The second kappa shape index (κ2) is 4.87. The second-order valence-corrected chi connectivity index (χ2v) is 6.13. The Hall–Kier alpha value is -3.26. The maximum Gasteiger partial charge on any atom is 0.0619 e. The number of nitrogens with two attached hydrogens (primary N) is 1. The molecule has 0 aliphatic rings. The van der Waals surface area contributed by atoms with Gasteiger partial charge in [-0.3, -0.25) is 0 Å². The van der Waals surface area contributed by atoms with Crippen LogP contribution < -0.4 is 5.73 Å². The second-order valence-electron chi connectivity index (χ2n) is 6.13. The van der Waals surface area contributed by atoms with Crippen LogP contribution in [0.1, 0.15) is 0 Å². The molecule has 0 aliphatic heterocycles. The first-order valence-corrected chi connectivity index (χ1v) is 8.10. The van der Waals surface area contributed by atoms with Crippen LogP contribution in [0.4, 0.5) is 5.69 Å². The number of anilines is 1. The van der Waals surface area contributed by atoms with Crippen molar-refractivity contribution in [3.05, 3.63) is 84.9 Å². The first kappa shape index (κ1) is 13.2. The lowest BCUT2D eigenvalue weighted by atomic mass is 10.1. The van der Waals surface area contributed by atoms with Crippen molar-refractivity contribution in [1.29, 1.82) is 0 Å². The van der Waals surface area contributed by atoms with Gasteiger partial charge in [-0.25, -0.2) is 0 Å². The lowest BCUT2D eigenvalue weighted by Gasteiger charge is -2.10. The highest BCUT2D eigenvalue weighted by Gasteiger charge is 2.14. The van der Waals surface area contributed by atoms with E-state index in [0.717, 1.165) is 11.4 Å². The topological polar surface area (TPSA) is 30.9 Å². The summed E-state index contributed by atoms with van der Waals surface area (Å²) in [5, 5.41) is 5.04. The molecule has 0 aliphatic carbocycles. The predicted octanol–water partition coefficient (Wildman–Crippen LogP) is 5.52. The third-order valence-electron chi connectivity index (χ3n) is 4.69. The fraction of sp³-hybridized carbons (Fsp3) is 0. The van der Waals surface area contributed by atoms with Gasteiger partial charge in [0.15, 0.2) is 0 Å². The average Bonchev–Trinajstić information content (AvgIpc) is 2.97. The van der Waals surface area contributed by atoms with Crippen LogP contribution in [-0.4, -0.2) is 4.57 Å². The molecule has 0 unspecified atom stereocenters. The van der Waals surface area contributed by atoms with Gasteiger partial charge in [-0.05, 0) is 29.7 Å². The van der Waals surface area contributed by atoms with Gasteiger partial charge in [0.05, 0.1) is 11.0 Å². The van der Waals surface area contributed by atoms with Gasteiger partial charge >= 0.3 is 0 Å². The number of rotatable bonds is 1. The van der Waals surface area contributed by atoms with Gasteiger partial charge in [-0.2, -0.15) is 0 Å². The molecule has 1 heterocycles. The molecule has 0 saturated carbocycles. The SMILES string of the molecule is Nc1cccc(-n2c3ccccc3c3ccc4ccccc4c32)c1. The number of nitrogen functional groups attached to an aromatic ring is 1. The van der Waals surface area contributed by atoms with Crippen LogP contribution in [0.25, 0.3) is 38.3 Å². The number of fused-ring (bicyclic) bond motifs is 5. The first-order chi connectivity index (χ1) is 11.8. The molecule has 0 radical (unpaired) electrons. The summed E-state index contributed by atoms with van der Waals surface area (Å²) in [6.45, 7) is 0. The lowest BCUT2D eigenvalue weighted by Crippen LogP contribution is -1.95. The Balaban J connectivity index is 2.08. The van der Waals surface area contributed by atoms with Crippen molar-refractivity contribution in [2.45, 2.75) is 0 Å². The van der Waals surface area contributed by atoms with Crippen LogP contribution in [0.3, 0.4) is 0 Å². The first-order valence-electron chi connectivity index (χ1n) is 8.10. The van der Waals surface area contributed by atoms with E-state index in [2.05, 4.69) is 71.3 Å². The molecule has 0 spiro atoms. The molecule has 2 nitrogen and oxygen atoms in total. The standard InChI is InChI=1S/C22H16N2/c23-16-7-5-8-17(14-16)24-21-11-4-3-10-19(21)20-13-12-15-6-1-2-9-18(15)22(20)24/h1-14H,23H2. The van der Waals surface area contributed by atoms with Gasteiger partial charge in [-0.1, -0.05) is 60.7 Å². The summed E-state index contributed by atoms with van der Waals surface area (Å²) in [5.74, 6) is 0. The highest BCUT2D eigenvalue weighted by molar-refractivity contribution is 6.18. The molecule has 2 N–H and O–H groups in total. The summed E-state index contributed by atoms with van der Waals surface area (Å²) >= 11 is 0. The van der Waals surface area contributed by atoms with Crippen molar-refractivity contribution in [1.82, 2.24) is 4.57 Å². The largest absolute Gasteiger partial charge is 0.399 e. The van der Waals surface area contributed by atoms with E-state index in [1.54, 1.807) is 0 Å². The third kappa shape index (κ3) is 1.77. The van der Waals surface area contributed by atoms with Crippen LogP contribution in [0, 0.1) is 0 Å². The zero-order chi connectivity index (χ0) is 16.1. The number of para-hydroxylation sites is 1. The Morgan fingerprint density at radius 2 is 1.42 bits per heavy atom. The Bertz CT molecular complexity index is 1210. The predicted molar refractivity (Wildman–Crippen MR) is 103 cm³/mol. The highest BCUT2D eigenvalue weighted by atomic mass is 15.0. The molecule has 0 saturated heterocycles. The maximum atomic E-state index is 6.05. The van der Waals surface area contributed by atoms with Crippen LogP contribution in [0.15, 0.2) is 84.9 Å². The summed E-state index contributed by atoms with van der Waals surface area (Å²) in [6, 6.07) is 29.6. The van der Waals surface area contributed by atoms with Gasteiger partial charge in [0, 0.05) is 27.5 Å². The molecule has 0 bridgehead atoms. The van der Waals surface area contributed by atoms with Crippen molar-refractivity contribution in [3.8, 4) is 5.69 Å². The molecular formula is C22H16N2. The molecule has 5 aromatic rings. The molecule has 0 amide bonds. The Morgan fingerprint density at radius 1 is 0.625 bits per heavy atom. The smallest absolute Gasteiger partial charge is 0.0619 e. The fourth-order valence-corrected chi connectivity index (χ4v) is 3.66. The number of nitrogens with zero attached hydrogens (tertiary/aromatic N) is 1. The molecule has 4 aromatic carbocycles. The molecule has 2 heteroatoms. The van der Waals surface area contributed by atoms with E-state index in [4.69, 9.17) is 5.73 Å². The number of benzene rings is 4. The summed E-state index contributed by atoms with van der Waals surface area (Å²) in [7, 11) is 0. The van der Waals surface area contributed by atoms with E-state index in [9.17, 15) is 0 Å². The van der Waals surface area contributed by atoms with Gasteiger partial charge in [0.25, 0.3) is 0 Å². The van der Waals surface area contributed by atoms with E-state index >= 15 is 0 Å². The van der Waals surface area contributed by atoms with E-state index in [1.165, 1.54) is 32.6 Å². The van der Waals surface area contributed by atoms with E-state index in [1.807, 2.05) is 18.2 Å². The highest BCUT2D eigenvalue weighted by Crippen LogP contribution is 2.36. The summed E-state index contributed by atoms with van der Waals surface area (Å²) in [5.41, 5.74) is 10.4. The monoisotopic (exact) mass is 308 g/mol. The molecule has 24 heavy (non-hydrogen) atoms. The van der Waals surface area contributed by atoms with Crippen LogP contribution in [0.2, 0.25) is 0 Å². The maximum absolute atomic E-state index is 6.05. The molecule has 5 rings (SSSR count). The minimum absolute atomic E-state index is 0.777. The molecular weight excluding hydrogens is 292 g/mol. The van der Waals surface area contributed by atoms with Crippen LogP contribution in [-0.2, 0) is 0 Å². The van der Waals surface area contributed by atoms with E-state index < -0.39 is 0 Å². The third-order valence-corrected chi connectivity index (χ3v) is 4.69. The van der Waals surface area contributed by atoms with Crippen LogP contribution in [0.5, 0.6) is 0 Å². The zero-order valence-corrected chi connectivity index (χ0v) is 13.1. The summed E-state index contributed by atoms with van der Waals surface area (Å²) < 4.78 is 2.32. The number of hydrogen-bond donors (Lipinski definition) is 1. The van der Waals surface area contributed by atoms with Crippen molar-refractivity contribution < 1.29 is 0 Å². The van der Waals surface area contributed by atoms with Gasteiger partial charge in [-0.15, -0.1) is 0 Å². The Labute approximate surface area is 139 Å². The minimum atomic E-state index is 0.777. The summed E-state index contributed by atoms with van der Waals surface area (Å²) in [6.07, 6.45) is 0. The van der Waals surface area contributed by atoms with E-state index in [0.29, 0.717) is 0 Å². The molecule has 0 atom stereocenters. The number of aromatic nitrogens is 1. The Kier molecular flexibility index (Phi) is 2.68. The van der Waals surface area contributed by atoms with E-state index in [-0.39, 0.29) is 0 Å². The van der Waals surface area contributed by atoms with Crippen molar-refractivity contribution in [2.24, 2.45) is 0 Å². The minimum Gasteiger partial charge on any atom is -0.399 e. The summed E-state index contributed by atoms with van der Waals surface area (Å²) in [4.78, 5) is 0. The zero-order valence-electron chi connectivity index (χ0n) is 13.1. The number of hydrogen-bond acceptors (Lipinski definition) is 1. The normalized spacial score (nSPS) is 11.5. The van der Waals surface area contributed by atoms with Crippen LogP contribution >= 0.6 is 0 Å². The molecule has 114 valence electrons. The lowest BCUT2D eigenvalue weighted by molar-refractivity contribution is 1.19.